The lowest BCUT2D eigenvalue weighted by atomic mass is 10.3. The van der Waals surface area contributed by atoms with Gasteiger partial charge in [0.1, 0.15) is 0 Å². The Morgan fingerprint density at radius 3 is 3.12 bits per heavy atom. The molecule has 0 aromatic carbocycles. The van der Waals surface area contributed by atoms with Crippen molar-refractivity contribution in [3.63, 3.8) is 0 Å². The molecule has 0 radical (unpaired) electrons. The third-order valence-corrected chi connectivity index (χ3v) is 2.46. The zero-order chi connectivity index (χ0) is 11.4. The van der Waals surface area contributed by atoms with E-state index in [9.17, 15) is 0 Å². The van der Waals surface area contributed by atoms with Crippen LogP contribution in [0.4, 0.5) is 0 Å². The third-order valence-electron chi connectivity index (χ3n) is 2.46. The van der Waals surface area contributed by atoms with Crippen LogP contribution in [0.25, 0.3) is 5.65 Å². The molecule has 86 valence electrons. The lowest BCUT2D eigenvalue weighted by Gasteiger charge is -2.05. The molecule has 0 aliphatic rings. The van der Waals surface area contributed by atoms with Crippen LogP contribution >= 0.6 is 0 Å². The Bertz CT molecular complexity index is 464. The Kier molecular flexibility index (Phi) is 3.41. The normalized spacial score (nSPS) is 10.9. The van der Waals surface area contributed by atoms with E-state index in [-0.39, 0.29) is 0 Å². The lowest BCUT2D eigenvalue weighted by molar-refractivity contribution is 0.311. The van der Waals surface area contributed by atoms with Crippen LogP contribution in [0.1, 0.15) is 25.5 Å². The summed E-state index contributed by atoms with van der Waals surface area (Å²) in [6.07, 6.45) is 6.08. The number of nitrogens with zero attached hydrogens (tertiary/aromatic N) is 2. The highest BCUT2D eigenvalue weighted by molar-refractivity contribution is 5.54. The van der Waals surface area contributed by atoms with Crippen LogP contribution < -0.4 is 10.5 Å². The van der Waals surface area contributed by atoms with Gasteiger partial charge in [-0.1, -0.05) is 13.3 Å². The van der Waals surface area contributed by atoms with Crippen LogP contribution in [-0.4, -0.2) is 16.0 Å². The van der Waals surface area contributed by atoms with Gasteiger partial charge in [0, 0.05) is 18.9 Å². The molecule has 0 saturated carbocycles. The molecule has 0 unspecified atom stereocenters. The molecule has 2 N–H and O–H groups in total. The van der Waals surface area contributed by atoms with E-state index in [1.807, 2.05) is 28.9 Å². The monoisotopic (exact) mass is 219 g/mol. The fourth-order valence-electron chi connectivity index (χ4n) is 1.58. The number of pyridine rings is 1. The van der Waals surface area contributed by atoms with Gasteiger partial charge >= 0.3 is 0 Å². The van der Waals surface area contributed by atoms with Crippen LogP contribution in [0.15, 0.2) is 24.5 Å². The molecule has 0 aliphatic heterocycles. The summed E-state index contributed by atoms with van der Waals surface area (Å²) in [5.74, 6) is 0.829. The van der Waals surface area contributed by atoms with Crippen molar-refractivity contribution in [2.45, 2.75) is 26.3 Å². The van der Waals surface area contributed by atoms with Crippen molar-refractivity contribution in [3.05, 3.63) is 30.2 Å². The van der Waals surface area contributed by atoms with Crippen molar-refractivity contribution >= 4 is 5.65 Å². The molecule has 4 nitrogen and oxygen atoms in total. The van der Waals surface area contributed by atoms with E-state index >= 15 is 0 Å². The van der Waals surface area contributed by atoms with E-state index in [2.05, 4.69) is 11.9 Å². The number of unbranched alkanes of at least 4 members (excludes halogenated alkanes) is 1. The molecule has 0 atom stereocenters. The first-order chi connectivity index (χ1) is 7.85. The molecule has 2 heterocycles. The predicted molar refractivity (Wildman–Crippen MR) is 63.5 cm³/mol. The maximum atomic E-state index is 5.69. The molecule has 0 spiro atoms. The van der Waals surface area contributed by atoms with Gasteiger partial charge in [-0.05, 0) is 18.6 Å². The summed E-state index contributed by atoms with van der Waals surface area (Å²) in [6, 6.07) is 3.90. The second-order valence-corrected chi connectivity index (χ2v) is 3.74. The largest absolute Gasteiger partial charge is 0.490 e. The maximum absolute atomic E-state index is 5.69. The number of rotatable bonds is 5. The number of aromatic nitrogens is 2. The average molecular weight is 219 g/mol. The summed E-state index contributed by atoms with van der Waals surface area (Å²) in [5, 5.41) is 0. The number of hydrogen-bond acceptors (Lipinski definition) is 3. The molecule has 0 amide bonds. The molecule has 0 aliphatic carbocycles. The van der Waals surface area contributed by atoms with Crippen LogP contribution in [0.3, 0.4) is 0 Å². The van der Waals surface area contributed by atoms with E-state index in [4.69, 9.17) is 10.5 Å². The number of hydrogen-bond donors (Lipinski definition) is 1. The molecular weight excluding hydrogens is 202 g/mol. The Balaban J connectivity index is 2.26. The average Bonchev–Trinajstić information content (AvgIpc) is 2.73. The smallest absolute Gasteiger partial charge is 0.179 e. The zero-order valence-corrected chi connectivity index (χ0v) is 9.52. The Labute approximate surface area is 95.0 Å². The molecule has 4 heteroatoms. The second kappa shape index (κ2) is 4.99. The predicted octanol–water partition coefficient (Wildman–Crippen LogP) is 1.97. The van der Waals surface area contributed by atoms with Gasteiger partial charge < -0.3 is 14.9 Å². The van der Waals surface area contributed by atoms with E-state index < -0.39 is 0 Å². The Morgan fingerprint density at radius 2 is 2.38 bits per heavy atom. The second-order valence-electron chi connectivity index (χ2n) is 3.74. The van der Waals surface area contributed by atoms with Crippen molar-refractivity contribution < 1.29 is 4.74 Å². The minimum atomic E-state index is 0.454. The first kappa shape index (κ1) is 11.0. The molecule has 2 aromatic heterocycles. The van der Waals surface area contributed by atoms with E-state index in [0.29, 0.717) is 6.54 Å². The quantitative estimate of drug-likeness (QED) is 0.782. The summed E-state index contributed by atoms with van der Waals surface area (Å²) in [4.78, 5) is 4.42. The van der Waals surface area contributed by atoms with Gasteiger partial charge in [-0.25, -0.2) is 4.98 Å². The number of fused-ring (bicyclic) bond motifs is 1. The maximum Gasteiger partial charge on any atom is 0.179 e. The summed E-state index contributed by atoms with van der Waals surface area (Å²) < 4.78 is 7.64. The fourth-order valence-corrected chi connectivity index (χ4v) is 1.58. The van der Waals surface area contributed by atoms with Gasteiger partial charge in [-0.3, -0.25) is 0 Å². The standard InChI is InChI=1S/C12H17N3O/c1-2-3-7-16-11-5-4-6-15-9-10(8-13)14-12(11)15/h4-6,9H,2-3,7-8,13H2,1H3. The highest BCUT2D eigenvalue weighted by Crippen LogP contribution is 2.19. The summed E-state index contributed by atoms with van der Waals surface area (Å²) in [7, 11) is 0. The van der Waals surface area contributed by atoms with Crippen LogP contribution in [0, 0.1) is 0 Å². The van der Waals surface area contributed by atoms with Crippen molar-refractivity contribution in [1.29, 1.82) is 0 Å². The third kappa shape index (κ3) is 2.17. The van der Waals surface area contributed by atoms with Gasteiger partial charge in [-0.2, -0.15) is 0 Å². The van der Waals surface area contributed by atoms with Crippen LogP contribution in [0.5, 0.6) is 5.75 Å². The number of nitrogens with two attached hydrogens (primary N) is 1. The highest BCUT2D eigenvalue weighted by atomic mass is 16.5. The van der Waals surface area contributed by atoms with Gasteiger partial charge in [0.2, 0.25) is 0 Å². The first-order valence-electron chi connectivity index (χ1n) is 5.64. The van der Waals surface area contributed by atoms with Crippen LogP contribution in [-0.2, 0) is 6.54 Å². The van der Waals surface area contributed by atoms with E-state index in [1.165, 1.54) is 0 Å². The zero-order valence-electron chi connectivity index (χ0n) is 9.52. The number of ether oxygens (including phenoxy) is 1. The molecule has 0 bridgehead atoms. The molecule has 2 aromatic rings. The van der Waals surface area contributed by atoms with Crippen molar-refractivity contribution in [1.82, 2.24) is 9.38 Å². The fraction of sp³-hybridized carbons (Fsp3) is 0.417. The number of imidazole rings is 1. The van der Waals surface area contributed by atoms with Crippen LogP contribution in [0.2, 0.25) is 0 Å². The molecule has 16 heavy (non-hydrogen) atoms. The molecule has 0 fully saturated rings. The van der Waals surface area contributed by atoms with Crippen molar-refractivity contribution in [2.24, 2.45) is 5.73 Å². The summed E-state index contributed by atoms with van der Waals surface area (Å²) >= 11 is 0. The lowest BCUT2D eigenvalue weighted by Crippen LogP contribution is -1.98. The SMILES string of the molecule is CCCCOc1cccn2cc(CN)nc12. The molecule has 2 rings (SSSR count). The van der Waals surface area contributed by atoms with Gasteiger partial charge in [0.25, 0.3) is 0 Å². The topological polar surface area (TPSA) is 52.5 Å². The summed E-state index contributed by atoms with van der Waals surface area (Å²) in [5.41, 5.74) is 7.30. The first-order valence-corrected chi connectivity index (χ1v) is 5.64. The van der Waals surface area contributed by atoms with E-state index in [1.54, 1.807) is 0 Å². The van der Waals surface area contributed by atoms with Gasteiger partial charge in [0.05, 0.1) is 12.3 Å². The highest BCUT2D eigenvalue weighted by Gasteiger charge is 2.05. The van der Waals surface area contributed by atoms with Crippen molar-refractivity contribution in [2.75, 3.05) is 6.61 Å². The Morgan fingerprint density at radius 1 is 1.50 bits per heavy atom. The Hall–Kier alpha value is -1.55. The minimum Gasteiger partial charge on any atom is -0.490 e. The minimum absolute atomic E-state index is 0.454. The summed E-state index contributed by atoms with van der Waals surface area (Å²) in [6.45, 7) is 3.34. The van der Waals surface area contributed by atoms with Crippen molar-refractivity contribution in [3.8, 4) is 5.75 Å². The molecule has 0 saturated heterocycles. The van der Waals surface area contributed by atoms with E-state index in [0.717, 1.165) is 36.5 Å². The van der Waals surface area contributed by atoms with Gasteiger partial charge in [-0.15, -0.1) is 0 Å². The molecular formula is C12H17N3O. The van der Waals surface area contributed by atoms with Gasteiger partial charge in [0.15, 0.2) is 11.4 Å².